The van der Waals surface area contributed by atoms with Crippen LogP contribution in [0.5, 0.6) is 0 Å². The highest BCUT2D eigenvalue weighted by molar-refractivity contribution is 4.81. The molecule has 0 aromatic rings. The summed E-state index contributed by atoms with van der Waals surface area (Å²) in [5, 5.41) is 0. The van der Waals surface area contributed by atoms with Crippen LogP contribution in [-0.2, 0) is 9.47 Å². The minimum Gasteiger partial charge on any atom is -0.375 e. The Morgan fingerprint density at radius 2 is 1.65 bits per heavy atom. The number of hydrogen-bond donors (Lipinski definition) is 1. The molecule has 1 aliphatic heterocycles. The quantitative estimate of drug-likeness (QED) is 0.756. The molecule has 17 heavy (non-hydrogen) atoms. The minimum atomic E-state index is 0.242. The molecule has 100 valence electrons. The van der Waals surface area contributed by atoms with Gasteiger partial charge in [0.2, 0.25) is 0 Å². The summed E-state index contributed by atoms with van der Waals surface area (Å²) in [5.41, 5.74) is 6.21. The normalized spacial score (nSPS) is 44.3. The zero-order chi connectivity index (χ0) is 12.3. The van der Waals surface area contributed by atoms with Gasteiger partial charge >= 0.3 is 0 Å². The van der Waals surface area contributed by atoms with E-state index >= 15 is 0 Å². The summed E-state index contributed by atoms with van der Waals surface area (Å²) in [5.74, 6) is 0. The van der Waals surface area contributed by atoms with E-state index in [1.165, 1.54) is 19.3 Å². The minimum absolute atomic E-state index is 0.242. The summed E-state index contributed by atoms with van der Waals surface area (Å²) >= 11 is 0. The van der Waals surface area contributed by atoms with Gasteiger partial charge in [0.15, 0.2) is 0 Å². The highest BCUT2D eigenvalue weighted by atomic mass is 16.5. The lowest BCUT2D eigenvalue weighted by Gasteiger charge is -2.35. The van der Waals surface area contributed by atoms with Crippen LogP contribution in [0.15, 0.2) is 0 Å². The molecule has 0 aromatic carbocycles. The molecule has 1 heterocycles. The Balaban J connectivity index is 1.85. The molecule has 0 aromatic heterocycles. The number of rotatable bonds is 2. The fourth-order valence-corrected chi connectivity index (χ4v) is 3.17. The van der Waals surface area contributed by atoms with E-state index in [1.54, 1.807) is 0 Å². The highest BCUT2D eigenvalue weighted by Crippen LogP contribution is 2.26. The summed E-state index contributed by atoms with van der Waals surface area (Å²) in [4.78, 5) is 0. The predicted molar refractivity (Wildman–Crippen MR) is 69.0 cm³/mol. The lowest BCUT2D eigenvalue weighted by Crippen LogP contribution is -2.42. The van der Waals surface area contributed by atoms with E-state index in [2.05, 4.69) is 13.8 Å². The maximum atomic E-state index is 6.26. The average Bonchev–Trinajstić information content (AvgIpc) is 2.43. The second kappa shape index (κ2) is 6.17. The van der Waals surface area contributed by atoms with Crippen LogP contribution in [0.25, 0.3) is 0 Å². The lowest BCUT2D eigenvalue weighted by molar-refractivity contribution is -0.126. The Morgan fingerprint density at radius 3 is 2.35 bits per heavy atom. The van der Waals surface area contributed by atoms with Crippen molar-refractivity contribution in [1.29, 1.82) is 0 Å². The molecule has 1 saturated heterocycles. The zero-order valence-electron chi connectivity index (χ0n) is 11.2. The van der Waals surface area contributed by atoms with Gasteiger partial charge in [-0.2, -0.15) is 0 Å². The average molecular weight is 241 g/mol. The van der Waals surface area contributed by atoms with E-state index in [0.717, 1.165) is 25.7 Å². The van der Waals surface area contributed by atoms with Crippen LogP contribution in [0.4, 0.5) is 0 Å². The smallest absolute Gasteiger partial charge is 0.0729 e. The van der Waals surface area contributed by atoms with Crippen molar-refractivity contribution in [2.24, 2.45) is 5.73 Å². The van der Waals surface area contributed by atoms with Crippen molar-refractivity contribution < 1.29 is 9.47 Å². The Morgan fingerprint density at radius 1 is 1.00 bits per heavy atom. The monoisotopic (exact) mass is 241 g/mol. The Labute approximate surface area is 105 Å². The van der Waals surface area contributed by atoms with Crippen molar-refractivity contribution in [3.63, 3.8) is 0 Å². The van der Waals surface area contributed by atoms with Gasteiger partial charge < -0.3 is 15.2 Å². The van der Waals surface area contributed by atoms with Crippen molar-refractivity contribution in [3.8, 4) is 0 Å². The first kappa shape index (κ1) is 13.3. The first-order valence-electron chi connectivity index (χ1n) is 7.21. The van der Waals surface area contributed by atoms with E-state index in [4.69, 9.17) is 15.2 Å². The van der Waals surface area contributed by atoms with Gasteiger partial charge in [-0.15, -0.1) is 0 Å². The van der Waals surface area contributed by atoms with Gasteiger partial charge in [-0.25, -0.2) is 0 Å². The standard InChI is InChI=1S/C14H27NO2/c1-10-8-12(9-11(2)16-10)17-14-7-5-3-4-6-13(14)15/h10-14H,3-9,15H2,1-2H3. The Hall–Kier alpha value is -0.120. The third-order valence-electron chi connectivity index (χ3n) is 4.03. The second-order valence-corrected chi connectivity index (χ2v) is 5.83. The lowest BCUT2D eigenvalue weighted by atomic mass is 10.0. The van der Waals surface area contributed by atoms with Crippen LogP contribution in [0.1, 0.15) is 58.8 Å². The summed E-state index contributed by atoms with van der Waals surface area (Å²) in [6.07, 6.45) is 9.43. The molecule has 0 bridgehead atoms. The summed E-state index contributed by atoms with van der Waals surface area (Å²) < 4.78 is 12.0. The van der Waals surface area contributed by atoms with Gasteiger partial charge in [-0.1, -0.05) is 19.3 Å². The molecular formula is C14H27NO2. The number of hydrogen-bond acceptors (Lipinski definition) is 3. The molecule has 4 unspecified atom stereocenters. The van der Waals surface area contributed by atoms with E-state index in [9.17, 15) is 0 Å². The van der Waals surface area contributed by atoms with Crippen molar-refractivity contribution in [2.45, 2.75) is 89.3 Å². The first-order valence-corrected chi connectivity index (χ1v) is 7.21. The van der Waals surface area contributed by atoms with Gasteiger partial charge in [0.25, 0.3) is 0 Å². The van der Waals surface area contributed by atoms with Gasteiger partial charge in [-0.05, 0) is 39.5 Å². The van der Waals surface area contributed by atoms with Gasteiger partial charge in [-0.3, -0.25) is 0 Å². The van der Waals surface area contributed by atoms with E-state index in [-0.39, 0.29) is 12.1 Å². The van der Waals surface area contributed by atoms with Crippen LogP contribution in [0.3, 0.4) is 0 Å². The molecule has 0 spiro atoms. The van der Waals surface area contributed by atoms with E-state index in [0.29, 0.717) is 18.3 Å². The van der Waals surface area contributed by atoms with Gasteiger partial charge in [0.1, 0.15) is 0 Å². The summed E-state index contributed by atoms with van der Waals surface area (Å²) in [6.45, 7) is 4.28. The molecule has 2 fully saturated rings. The maximum absolute atomic E-state index is 6.26. The highest BCUT2D eigenvalue weighted by Gasteiger charge is 2.29. The molecule has 3 heteroatoms. The van der Waals surface area contributed by atoms with Crippen molar-refractivity contribution >= 4 is 0 Å². The largest absolute Gasteiger partial charge is 0.375 e. The molecule has 2 rings (SSSR count). The second-order valence-electron chi connectivity index (χ2n) is 5.83. The first-order chi connectivity index (χ1) is 8.15. The van der Waals surface area contributed by atoms with Crippen molar-refractivity contribution in [2.75, 3.05) is 0 Å². The molecule has 2 N–H and O–H groups in total. The molecule has 0 amide bonds. The molecule has 2 aliphatic rings. The zero-order valence-corrected chi connectivity index (χ0v) is 11.2. The van der Waals surface area contributed by atoms with Gasteiger partial charge in [0.05, 0.1) is 24.4 Å². The number of ether oxygens (including phenoxy) is 2. The van der Waals surface area contributed by atoms with Gasteiger partial charge in [0, 0.05) is 6.04 Å². The summed E-state index contributed by atoms with van der Waals surface area (Å²) in [6, 6.07) is 0.242. The predicted octanol–water partition coefficient (Wildman–Crippen LogP) is 2.62. The molecule has 0 radical (unpaired) electrons. The topological polar surface area (TPSA) is 44.5 Å². The fraction of sp³-hybridized carbons (Fsp3) is 1.00. The molecule has 3 nitrogen and oxygen atoms in total. The van der Waals surface area contributed by atoms with Crippen LogP contribution in [0.2, 0.25) is 0 Å². The van der Waals surface area contributed by atoms with E-state index in [1.807, 2.05) is 0 Å². The Kier molecular flexibility index (Phi) is 4.83. The van der Waals surface area contributed by atoms with Crippen LogP contribution in [0, 0.1) is 0 Å². The molecule has 4 atom stereocenters. The van der Waals surface area contributed by atoms with Crippen molar-refractivity contribution in [3.05, 3.63) is 0 Å². The van der Waals surface area contributed by atoms with Crippen LogP contribution >= 0.6 is 0 Å². The third-order valence-corrected chi connectivity index (χ3v) is 4.03. The number of nitrogens with two attached hydrogens (primary N) is 1. The van der Waals surface area contributed by atoms with Crippen LogP contribution < -0.4 is 5.73 Å². The van der Waals surface area contributed by atoms with Crippen LogP contribution in [-0.4, -0.2) is 30.5 Å². The summed E-state index contributed by atoms with van der Waals surface area (Å²) in [7, 11) is 0. The maximum Gasteiger partial charge on any atom is 0.0729 e. The molecule has 1 aliphatic carbocycles. The SMILES string of the molecule is CC1CC(OC2CCCCCC2N)CC(C)O1. The fourth-order valence-electron chi connectivity index (χ4n) is 3.17. The molecule has 1 saturated carbocycles. The van der Waals surface area contributed by atoms with Crippen molar-refractivity contribution in [1.82, 2.24) is 0 Å². The third kappa shape index (κ3) is 3.94. The molecular weight excluding hydrogens is 214 g/mol. The Bertz CT molecular complexity index is 224. The van der Waals surface area contributed by atoms with E-state index < -0.39 is 0 Å².